The summed E-state index contributed by atoms with van der Waals surface area (Å²) >= 11 is 14.2. The Morgan fingerprint density at radius 1 is 1.38 bits per heavy atom. The van der Waals surface area contributed by atoms with E-state index in [4.69, 9.17) is 24.4 Å². The minimum atomic E-state index is 0.156. The van der Waals surface area contributed by atoms with Gasteiger partial charge in [0.2, 0.25) is 0 Å². The molecule has 1 saturated heterocycles. The molecule has 0 nitrogen and oxygen atoms in total. The minimum Gasteiger partial charge on any atom is -0.102 e. The smallest absolute Gasteiger partial charge is 0.0752 e. The zero-order chi connectivity index (χ0) is 9.80. The Morgan fingerprint density at radius 3 is 2.54 bits per heavy atom. The molecule has 0 saturated carbocycles. The Kier molecular flexibility index (Phi) is 2.38. The Balaban J connectivity index is 2.54. The highest BCUT2D eigenvalue weighted by atomic mass is 32.2. The van der Waals surface area contributed by atoms with Gasteiger partial charge < -0.3 is 0 Å². The summed E-state index contributed by atoms with van der Waals surface area (Å²) in [6.07, 6.45) is 0. The van der Waals surface area contributed by atoms with Crippen molar-refractivity contribution in [1.82, 2.24) is 0 Å². The maximum absolute atomic E-state index is 5.33. The van der Waals surface area contributed by atoms with Gasteiger partial charge in [-0.05, 0) is 19.4 Å². The van der Waals surface area contributed by atoms with Gasteiger partial charge in [-0.1, -0.05) is 43.1 Å². The third-order valence-electron chi connectivity index (χ3n) is 2.78. The van der Waals surface area contributed by atoms with E-state index in [2.05, 4.69) is 20.8 Å². The van der Waals surface area contributed by atoms with Gasteiger partial charge in [0.15, 0.2) is 0 Å². The van der Waals surface area contributed by atoms with Crippen LogP contribution >= 0.6 is 48.0 Å². The van der Waals surface area contributed by atoms with E-state index in [9.17, 15) is 0 Å². The predicted molar refractivity (Wildman–Crippen MR) is 70.6 cm³/mol. The van der Waals surface area contributed by atoms with Gasteiger partial charge in [0.1, 0.15) is 0 Å². The van der Waals surface area contributed by atoms with Gasteiger partial charge in [-0.15, -0.1) is 11.8 Å². The summed E-state index contributed by atoms with van der Waals surface area (Å²) in [5, 5.41) is 0. The summed E-state index contributed by atoms with van der Waals surface area (Å²) in [5.41, 5.74) is 1.28. The van der Waals surface area contributed by atoms with E-state index < -0.39 is 0 Å². The van der Waals surface area contributed by atoms with Crippen molar-refractivity contribution in [2.24, 2.45) is 5.92 Å². The number of fused-ring (bicyclic) bond motifs is 1. The van der Waals surface area contributed by atoms with E-state index in [0.29, 0.717) is 5.92 Å². The van der Waals surface area contributed by atoms with Gasteiger partial charge in [0.05, 0.1) is 13.1 Å². The fraction of sp³-hybridized carbons (Fsp3) is 0.556. The Morgan fingerprint density at radius 2 is 2.00 bits per heavy atom. The van der Waals surface area contributed by atoms with Gasteiger partial charge in [-0.25, -0.2) is 0 Å². The van der Waals surface area contributed by atoms with Crippen molar-refractivity contribution < 1.29 is 0 Å². The Hall–Kier alpha value is 0.620. The van der Waals surface area contributed by atoms with Gasteiger partial charge in [0, 0.05) is 10.8 Å². The second kappa shape index (κ2) is 3.05. The Labute approximate surface area is 97.9 Å². The van der Waals surface area contributed by atoms with Gasteiger partial charge >= 0.3 is 0 Å². The summed E-state index contributed by atoms with van der Waals surface area (Å²) in [7, 11) is 0. The number of thiocarbonyl (C=S) groups is 2. The number of thioether (sulfide) groups is 2. The molecule has 1 fully saturated rings. The molecule has 0 amide bonds. The fourth-order valence-electron chi connectivity index (χ4n) is 1.66. The second-order valence-corrected chi connectivity index (χ2v) is 7.47. The van der Waals surface area contributed by atoms with Gasteiger partial charge in [-0.2, -0.15) is 0 Å². The molecule has 2 unspecified atom stereocenters. The van der Waals surface area contributed by atoms with Crippen LogP contribution in [0, 0.1) is 5.92 Å². The molecule has 2 rings (SSSR count). The normalized spacial score (nSPS) is 38.8. The monoisotopic (exact) mass is 246 g/mol. The van der Waals surface area contributed by atoms with Crippen LogP contribution in [-0.4, -0.2) is 13.1 Å². The fourth-order valence-corrected chi connectivity index (χ4v) is 5.72. The Bertz CT molecular complexity index is 342. The van der Waals surface area contributed by atoms with Crippen molar-refractivity contribution in [3.05, 3.63) is 10.5 Å². The molecule has 0 aromatic rings. The first-order chi connectivity index (χ1) is 5.97. The molecule has 0 radical (unpaired) electrons. The van der Waals surface area contributed by atoms with Crippen LogP contribution < -0.4 is 0 Å². The van der Waals surface area contributed by atoms with E-state index in [1.54, 1.807) is 11.8 Å². The van der Waals surface area contributed by atoms with E-state index in [-0.39, 0.29) is 4.75 Å². The van der Waals surface area contributed by atoms with Crippen LogP contribution in [0.1, 0.15) is 20.8 Å². The molecule has 2 atom stereocenters. The quantitative estimate of drug-likeness (QED) is 0.596. The maximum Gasteiger partial charge on any atom is 0.0752 e. The third kappa shape index (κ3) is 1.26. The molecule has 70 valence electrons. The van der Waals surface area contributed by atoms with Crippen molar-refractivity contribution in [1.29, 1.82) is 0 Å². The molecular formula is C9H10S4. The van der Waals surface area contributed by atoms with Crippen LogP contribution in [0.4, 0.5) is 0 Å². The second-order valence-electron chi connectivity index (χ2n) is 3.59. The molecule has 0 bridgehead atoms. The molecule has 0 spiro atoms. The van der Waals surface area contributed by atoms with Crippen molar-refractivity contribution in [3.8, 4) is 0 Å². The summed E-state index contributed by atoms with van der Waals surface area (Å²) in [6, 6.07) is 0. The standard InChI is InChI=1S/C9H10S4/c1-4-6-9(3,13-7(4)10)5(2)8(11)12-6/h5H,1-3H3. The van der Waals surface area contributed by atoms with Crippen LogP contribution in [0.2, 0.25) is 0 Å². The van der Waals surface area contributed by atoms with Crippen molar-refractivity contribution in [2.45, 2.75) is 25.5 Å². The van der Waals surface area contributed by atoms with Crippen LogP contribution in [0.25, 0.3) is 0 Å². The molecule has 2 aliphatic heterocycles. The highest BCUT2D eigenvalue weighted by Crippen LogP contribution is 2.59. The van der Waals surface area contributed by atoms with Gasteiger partial charge in [0.25, 0.3) is 0 Å². The van der Waals surface area contributed by atoms with E-state index in [1.165, 1.54) is 10.5 Å². The van der Waals surface area contributed by atoms with Crippen LogP contribution in [0.15, 0.2) is 10.5 Å². The molecule has 13 heavy (non-hydrogen) atoms. The van der Waals surface area contributed by atoms with E-state index >= 15 is 0 Å². The summed E-state index contributed by atoms with van der Waals surface area (Å²) in [5.74, 6) is 0.461. The first-order valence-corrected chi connectivity index (χ1v) is 6.58. The molecule has 0 aromatic carbocycles. The number of rotatable bonds is 0. The van der Waals surface area contributed by atoms with Crippen LogP contribution in [0.5, 0.6) is 0 Å². The lowest BCUT2D eigenvalue weighted by atomic mass is 9.95. The van der Waals surface area contributed by atoms with Crippen LogP contribution in [-0.2, 0) is 0 Å². The molecule has 2 aliphatic rings. The molecule has 0 N–H and O–H groups in total. The molecule has 0 aromatic heterocycles. The lowest BCUT2D eigenvalue weighted by molar-refractivity contribution is 0.660. The topological polar surface area (TPSA) is 0 Å². The number of hydrogen-bond acceptors (Lipinski definition) is 4. The largest absolute Gasteiger partial charge is 0.102 e. The first kappa shape index (κ1) is 10.1. The SMILES string of the molecule is CC1=C2SC(=S)C(C)C2(C)SC1=S. The lowest BCUT2D eigenvalue weighted by Crippen LogP contribution is -2.25. The van der Waals surface area contributed by atoms with Gasteiger partial charge in [-0.3, -0.25) is 0 Å². The highest BCUT2D eigenvalue weighted by Gasteiger charge is 2.50. The molecular weight excluding hydrogens is 236 g/mol. The predicted octanol–water partition coefficient (Wildman–Crippen LogP) is 3.80. The first-order valence-electron chi connectivity index (χ1n) is 4.13. The number of hydrogen-bond donors (Lipinski definition) is 0. The summed E-state index contributed by atoms with van der Waals surface area (Å²) < 4.78 is 2.33. The summed E-state index contributed by atoms with van der Waals surface area (Å²) in [4.78, 5) is 1.40. The average Bonchev–Trinajstić information content (AvgIpc) is 2.40. The van der Waals surface area contributed by atoms with E-state index in [0.717, 1.165) is 8.39 Å². The average molecular weight is 246 g/mol. The maximum atomic E-state index is 5.33. The molecule has 0 aliphatic carbocycles. The van der Waals surface area contributed by atoms with Crippen molar-refractivity contribution in [3.63, 3.8) is 0 Å². The molecule has 4 heteroatoms. The van der Waals surface area contributed by atoms with E-state index in [1.807, 2.05) is 11.8 Å². The zero-order valence-electron chi connectivity index (χ0n) is 7.71. The highest BCUT2D eigenvalue weighted by molar-refractivity contribution is 8.31. The minimum absolute atomic E-state index is 0.156. The van der Waals surface area contributed by atoms with Crippen molar-refractivity contribution >= 4 is 56.4 Å². The summed E-state index contributed by atoms with van der Waals surface area (Å²) in [6.45, 7) is 6.58. The lowest BCUT2D eigenvalue weighted by Gasteiger charge is -2.23. The third-order valence-corrected chi connectivity index (χ3v) is 7.04. The zero-order valence-corrected chi connectivity index (χ0v) is 11.0. The van der Waals surface area contributed by atoms with Crippen molar-refractivity contribution in [2.75, 3.05) is 0 Å². The molecule has 2 heterocycles. The van der Waals surface area contributed by atoms with Crippen LogP contribution in [0.3, 0.4) is 0 Å².